The van der Waals surface area contributed by atoms with Crippen LogP contribution in [-0.2, 0) is 11.0 Å². The molecule has 0 amide bonds. The molecule has 0 bridgehead atoms. The predicted octanol–water partition coefficient (Wildman–Crippen LogP) is 5.09. The smallest absolute Gasteiger partial charge is 0.113 e. The summed E-state index contributed by atoms with van der Waals surface area (Å²) in [5, 5.41) is 7.27. The van der Waals surface area contributed by atoms with Gasteiger partial charge in [-0.1, -0.05) is 54.4 Å². The summed E-state index contributed by atoms with van der Waals surface area (Å²) < 4.78 is 0. The van der Waals surface area contributed by atoms with Gasteiger partial charge in [0.05, 0.1) is 11.2 Å². The van der Waals surface area contributed by atoms with Crippen molar-refractivity contribution in [2.45, 2.75) is 78.2 Å². The number of hydrogen-bond donors (Lipinski definition) is 1. The molecule has 1 N–H and O–H groups in total. The molecule has 1 aliphatic carbocycles. The van der Waals surface area contributed by atoms with Gasteiger partial charge in [-0.3, -0.25) is 0 Å². The van der Waals surface area contributed by atoms with E-state index in [4.69, 9.17) is 4.98 Å². The lowest BCUT2D eigenvalue weighted by atomic mass is 9.62. The normalized spacial score (nSPS) is 27.9. The van der Waals surface area contributed by atoms with Crippen LogP contribution in [0.4, 0.5) is 0 Å². The van der Waals surface area contributed by atoms with E-state index in [1.165, 1.54) is 36.4 Å². The summed E-state index contributed by atoms with van der Waals surface area (Å²) in [7, 11) is 2.13. The molecule has 1 aliphatic rings. The fraction of sp³-hybridized carbons (Fsp3) is 0.833. The molecule has 1 aromatic rings. The van der Waals surface area contributed by atoms with Crippen molar-refractivity contribution in [3.63, 3.8) is 0 Å². The van der Waals surface area contributed by atoms with Crippen LogP contribution in [0.3, 0.4) is 0 Å². The van der Waals surface area contributed by atoms with Crippen LogP contribution in [0.5, 0.6) is 0 Å². The van der Waals surface area contributed by atoms with Crippen molar-refractivity contribution in [1.29, 1.82) is 0 Å². The van der Waals surface area contributed by atoms with Gasteiger partial charge in [0.1, 0.15) is 5.01 Å². The molecule has 21 heavy (non-hydrogen) atoms. The maximum Gasteiger partial charge on any atom is 0.113 e. The molecule has 0 aromatic carbocycles. The van der Waals surface area contributed by atoms with Crippen molar-refractivity contribution in [1.82, 2.24) is 10.3 Å². The predicted molar refractivity (Wildman–Crippen MR) is 93.0 cm³/mol. The first-order valence-corrected chi connectivity index (χ1v) is 9.14. The van der Waals surface area contributed by atoms with Gasteiger partial charge < -0.3 is 5.32 Å². The van der Waals surface area contributed by atoms with Crippen LogP contribution in [-0.4, -0.2) is 12.0 Å². The fourth-order valence-corrected chi connectivity index (χ4v) is 5.17. The molecule has 0 aliphatic heterocycles. The third-order valence-electron chi connectivity index (χ3n) is 5.05. The molecular weight excluding hydrogens is 276 g/mol. The van der Waals surface area contributed by atoms with Crippen LogP contribution in [0.1, 0.15) is 77.9 Å². The van der Waals surface area contributed by atoms with E-state index in [0.29, 0.717) is 11.3 Å². The van der Waals surface area contributed by atoms with E-state index in [0.717, 1.165) is 0 Å². The number of nitrogens with zero attached hydrogens (tertiary/aromatic N) is 1. The molecule has 0 radical (unpaired) electrons. The van der Waals surface area contributed by atoms with Crippen LogP contribution < -0.4 is 5.32 Å². The number of nitrogens with one attached hydrogen (secondary N) is 1. The quantitative estimate of drug-likeness (QED) is 0.823. The zero-order chi connectivity index (χ0) is 15.9. The van der Waals surface area contributed by atoms with Gasteiger partial charge in [-0.15, -0.1) is 11.3 Å². The first kappa shape index (κ1) is 17.0. The lowest BCUT2D eigenvalue weighted by Gasteiger charge is -2.49. The molecule has 1 saturated carbocycles. The SMILES string of the molecule is CNC1(c2nc(C(C)(C)C)cs2)CCCCC1C(C)(C)C. The van der Waals surface area contributed by atoms with Crippen molar-refractivity contribution in [3.05, 3.63) is 16.1 Å². The minimum atomic E-state index is 0.0602. The maximum absolute atomic E-state index is 5.07. The summed E-state index contributed by atoms with van der Waals surface area (Å²) in [6.07, 6.45) is 5.16. The topological polar surface area (TPSA) is 24.9 Å². The Morgan fingerprint density at radius 1 is 1.19 bits per heavy atom. The minimum Gasteiger partial charge on any atom is -0.308 e. The van der Waals surface area contributed by atoms with Gasteiger partial charge in [-0.2, -0.15) is 0 Å². The van der Waals surface area contributed by atoms with Crippen molar-refractivity contribution in [2.75, 3.05) is 7.05 Å². The Labute approximate surface area is 134 Å². The zero-order valence-corrected chi connectivity index (χ0v) is 15.7. The number of hydrogen-bond acceptors (Lipinski definition) is 3. The Morgan fingerprint density at radius 2 is 1.86 bits per heavy atom. The van der Waals surface area contributed by atoms with Gasteiger partial charge in [0.2, 0.25) is 0 Å². The highest BCUT2D eigenvalue weighted by Gasteiger charge is 2.48. The second-order valence-corrected chi connectivity index (χ2v) is 9.53. The molecule has 0 spiro atoms. The molecular formula is C18H32N2S. The maximum atomic E-state index is 5.07. The molecule has 2 atom stereocenters. The van der Waals surface area contributed by atoms with Crippen molar-refractivity contribution in [2.24, 2.45) is 11.3 Å². The van der Waals surface area contributed by atoms with E-state index >= 15 is 0 Å². The van der Waals surface area contributed by atoms with E-state index in [1.807, 2.05) is 11.3 Å². The minimum absolute atomic E-state index is 0.0602. The van der Waals surface area contributed by atoms with Crippen molar-refractivity contribution < 1.29 is 0 Å². The summed E-state index contributed by atoms with van der Waals surface area (Å²) in [5.74, 6) is 0.641. The highest BCUT2D eigenvalue weighted by atomic mass is 32.1. The summed E-state index contributed by atoms with van der Waals surface area (Å²) >= 11 is 1.85. The average Bonchev–Trinajstić information content (AvgIpc) is 2.87. The highest BCUT2D eigenvalue weighted by Crippen LogP contribution is 2.50. The molecule has 3 heteroatoms. The first-order valence-electron chi connectivity index (χ1n) is 8.26. The van der Waals surface area contributed by atoms with E-state index in [9.17, 15) is 0 Å². The second kappa shape index (κ2) is 5.66. The Bertz CT molecular complexity index is 478. The molecule has 0 saturated heterocycles. The van der Waals surface area contributed by atoms with Gasteiger partial charge >= 0.3 is 0 Å². The summed E-state index contributed by atoms with van der Waals surface area (Å²) in [6, 6.07) is 0. The second-order valence-electron chi connectivity index (χ2n) is 8.67. The Kier molecular flexibility index (Phi) is 4.57. The number of rotatable bonds is 2. The average molecular weight is 309 g/mol. The lowest BCUT2D eigenvalue weighted by molar-refractivity contribution is 0.0534. The number of thiazole rings is 1. The van der Waals surface area contributed by atoms with E-state index < -0.39 is 0 Å². The molecule has 1 fully saturated rings. The van der Waals surface area contributed by atoms with Gasteiger partial charge in [0, 0.05) is 10.8 Å². The Morgan fingerprint density at radius 3 is 2.33 bits per heavy atom. The van der Waals surface area contributed by atoms with E-state index in [1.54, 1.807) is 0 Å². The summed E-state index contributed by atoms with van der Waals surface area (Å²) in [5.41, 5.74) is 1.73. The molecule has 2 rings (SSSR count). The number of aromatic nitrogens is 1. The van der Waals surface area contributed by atoms with Crippen molar-refractivity contribution >= 4 is 11.3 Å². The highest BCUT2D eigenvalue weighted by molar-refractivity contribution is 7.09. The first-order chi connectivity index (χ1) is 9.61. The van der Waals surface area contributed by atoms with Crippen molar-refractivity contribution in [3.8, 4) is 0 Å². The molecule has 1 heterocycles. The van der Waals surface area contributed by atoms with E-state index in [2.05, 4.69) is 59.3 Å². The van der Waals surface area contributed by atoms with Crippen LogP contribution in [0.2, 0.25) is 0 Å². The summed E-state index contributed by atoms with van der Waals surface area (Å²) in [4.78, 5) is 5.07. The third kappa shape index (κ3) is 3.19. The van der Waals surface area contributed by atoms with Crippen LogP contribution in [0.25, 0.3) is 0 Å². The fourth-order valence-electron chi connectivity index (χ4n) is 3.83. The largest absolute Gasteiger partial charge is 0.308 e. The molecule has 2 nitrogen and oxygen atoms in total. The lowest BCUT2D eigenvalue weighted by Crippen LogP contribution is -2.53. The molecule has 120 valence electrons. The molecule has 2 unspecified atom stereocenters. The van der Waals surface area contributed by atoms with Gasteiger partial charge in [0.25, 0.3) is 0 Å². The Hall–Kier alpha value is -0.410. The van der Waals surface area contributed by atoms with Gasteiger partial charge in [-0.05, 0) is 31.2 Å². The monoisotopic (exact) mass is 308 g/mol. The molecule has 1 aromatic heterocycles. The standard InChI is InChI=1S/C18H32N2S/c1-16(2,3)13-10-8-9-11-18(13,19-7)15-20-14(12-21-15)17(4,5)6/h12-13,19H,8-11H2,1-7H3. The third-order valence-corrected chi connectivity index (χ3v) is 6.07. The van der Waals surface area contributed by atoms with Gasteiger partial charge in [-0.25, -0.2) is 4.98 Å². The van der Waals surface area contributed by atoms with Gasteiger partial charge in [0.15, 0.2) is 0 Å². The van der Waals surface area contributed by atoms with Crippen LogP contribution in [0, 0.1) is 11.3 Å². The zero-order valence-electron chi connectivity index (χ0n) is 14.8. The van der Waals surface area contributed by atoms with E-state index in [-0.39, 0.29) is 11.0 Å². The Balaban J connectivity index is 2.46. The van der Waals surface area contributed by atoms with Crippen LogP contribution in [0.15, 0.2) is 5.38 Å². The summed E-state index contributed by atoms with van der Waals surface area (Å²) in [6.45, 7) is 13.9. The van der Waals surface area contributed by atoms with Crippen LogP contribution >= 0.6 is 11.3 Å².